The van der Waals surface area contributed by atoms with E-state index in [4.69, 9.17) is 4.98 Å². The van der Waals surface area contributed by atoms with Gasteiger partial charge in [-0.25, -0.2) is 4.98 Å². The van der Waals surface area contributed by atoms with Crippen LogP contribution in [-0.2, 0) is 18.4 Å². The zero-order chi connectivity index (χ0) is 14.4. The lowest BCUT2D eigenvalue weighted by molar-refractivity contribution is 0.392. The first-order chi connectivity index (χ1) is 10.2. The Bertz CT molecular complexity index is 672. The Morgan fingerprint density at radius 3 is 2.86 bits per heavy atom. The molecule has 21 heavy (non-hydrogen) atoms. The quantitative estimate of drug-likeness (QED) is 0.924. The number of nitrogens with one attached hydrogen (secondary N) is 1. The number of fused-ring (bicyclic) bond motifs is 1. The van der Waals surface area contributed by atoms with Gasteiger partial charge in [-0.15, -0.1) is 11.3 Å². The maximum absolute atomic E-state index is 5.02. The molecule has 0 aliphatic heterocycles. The van der Waals surface area contributed by atoms with Crippen molar-refractivity contribution in [3.63, 3.8) is 0 Å². The highest BCUT2D eigenvalue weighted by Gasteiger charge is 2.45. The number of aryl methyl sites for hydroxylation is 3. The molecular formula is C18H22N2S. The van der Waals surface area contributed by atoms with Crippen molar-refractivity contribution in [1.29, 1.82) is 0 Å². The van der Waals surface area contributed by atoms with Crippen molar-refractivity contribution in [1.82, 2.24) is 10.3 Å². The maximum atomic E-state index is 5.02. The standard InChI is InChI=1S/C18H22N2S/c1-3-16-12(2)21-17(19-16)18(20-14-8-9-14)11-10-13-6-4-5-7-15(13)18/h4-7,14,20H,3,8-11H2,1-2H3. The van der Waals surface area contributed by atoms with Crippen molar-refractivity contribution >= 4 is 11.3 Å². The highest BCUT2D eigenvalue weighted by atomic mass is 32.1. The Labute approximate surface area is 130 Å². The van der Waals surface area contributed by atoms with Crippen LogP contribution in [0.1, 0.15) is 52.9 Å². The number of benzene rings is 1. The summed E-state index contributed by atoms with van der Waals surface area (Å²) < 4.78 is 0. The molecule has 1 fully saturated rings. The van der Waals surface area contributed by atoms with Crippen LogP contribution in [0.4, 0.5) is 0 Å². The van der Waals surface area contributed by atoms with E-state index >= 15 is 0 Å². The van der Waals surface area contributed by atoms with Gasteiger partial charge >= 0.3 is 0 Å². The van der Waals surface area contributed by atoms with E-state index in [1.807, 2.05) is 11.3 Å². The van der Waals surface area contributed by atoms with Crippen LogP contribution in [0.2, 0.25) is 0 Å². The fourth-order valence-corrected chi connectivity index (χ4v) is 4.76. The molecule has 4 rings (SSSR count). The summed E-state index contributed by atoms with van der Waals surface area (Å²) in [6.07, 6.45) is 5.97. The van der Waals surface area contributed by atoms with Gasteiger partial charge in [0.2, 0.25) is 0 Å². The van der Waals surface area contributed by atoms with Gasteiger partial charge in [-0.1, -0.05) is 31.2 Å². The molecule has 0 radical (unpaired) electrons. The molecule has 2 aromatic rings. The minimum absolute atomic E-state index is 0.0272. The van der Waals surface area contributed by atoms with Gasteiger partial charge in [-0.2, -0.15) is 0 Å². The molecule has 0 saturated heterocycles. The van der Waals surface area contributed by atoms with E-state index in [1.54, 1.807) is 0 Å². The second-order valence-electron chi connectivity index (χ2n) is 6.36. The Morgan fingerprint density at radius 2 is 2.14 bits per heavy atom. The van der Waals surface area contributed by atoms with Crippen molar-refractivity contribution in [3.05, 3.63) is 51.0 Å². The average Bonchev–Trinajstić information content (AvgIpc) is 3.12. The SMILES string of the molecule is CCc1nc(C2(NC3CC3)CCc3ccccc32)sc1C. The number of thiazole rings is 1. The van der Waals surface area contributed by atoms with E-state index in [1.165, 1.54) is 39.5 Å². The third-order valence-corrected chi connectivity index (χ3v) is 6.04. The molecule has 2 aliphatic rings. The normalized spacial score (nSPS) is 24.3. The van der Waals surface area contributed by atoms with Crippen molar-refractivity contribution in [3.8, 4) is 0 Å². The van der Waals surface area contributed by atoms with Crippen LogP contribution in [0.15, 0.2) is 24.3 Å². The van der Waals surface area contributed by atoms with Gasteiger partial charge in [0.15, 0.2) is 0 Å². The summed E-state index contributed by atoms with van der Waals surface area (Å²) in [7, 11) is 0. The van der Waals surface area contributed by atoms with Crippen LogP contribution in [0.5, 0.6) is 0 Å². The third-order valence-electron chi connectivity index (χ3n) is 4.87. The fourth-order valence-electron chi connectivity index (χ4n) is 3.56. The van der Waals surface area contributed by atoms with Gasteiger partial charge in [0.25, 0.3) is 0 Å². The van der Waals surface area contributed by atoms with E-state index in [9.17, 15) is 0 Å². The Kier molecular flexibility index (Phi) is 3.16. The summed E-state index contributed by atoms with van der Waals surface area (Å²) in [4.78, 5) is 6.40. The van der Waals surface area contributed by atoms with Gasteiger partial charge in [0, 0.05) is 10.9 Å². The first-order valence-corrected chi connectivity index (χ1v) is 8.87. The van der Waals surface area contributed by atoms with Crippen LogP contribution in [0, 0.1) is 6.92 Å². The van der Waals surface area contributed by atoms with Crippen LogP contribution in [-0.4, -0.2) is 11.0 Å². The first-order valence-electron chi connectivity index (χ1n) is 8.06. The van der Waals surface area contributed by atoms with Gasteiger partial charge in [0.05, 0.1) is 11.2 Å². The molecule has 110 valence electrons. The Hall–Kier alpha value is -1.19. The molecule has 1 atom stereocenters. The lowest BCUT2D eigenvalue weighted by atomic mass is 9.92. The number of hydrogen-bond donors (Lipinski definition) is 1. The van der Waals surface area contributed by atoms with Gasteiger partial charge in [-0.05, 0) is 50.2 Å². The molecule has 1 heterocycles. The van der Waals surface area contributed by atoms with Crippen molar-refractivity contribution in [2.24, 2.45) is 0 Å². The molecule has 0 spiro atoms. The minimum Gasteiger partial charge on any atom is -0.299 e. The third kappa shape index (κ3) is 2.14. The predicted molar refractivity (Wildman–Crippen MR) is 87.9 cm³/mol. The summed E-state index contributed by atoms with van der Waals surface area (Å²) in [5.41, 5.74) is 4.21. The summed E-state index contributed by atoms with van der Waals surface area (Å²) in [6.45, 7) is 4.42. The molecule has 1 saturated carbocycles. The second-order valence-corrected chi connectivity index (χ2v) is 7.56. The molecular weight excluding hydrogens is 276 g/mol. The van der Waals surface area contributed by atoms with E-state index in [-0.39, 0.29) is 5.54 Å². The number of rotatable bonds is 4. The average molecular weight is 298 g/mol. The van der Waals surface area contributed by atoms with Crippen LogP contribution < -0.4 is 5.32 Å². The first kappa shape index (κ1) is 13.5. The zero-order valence-corrected chi connectivity index (χ0v) is 13.6. The lowest BCUT2D eigenvalue weighted by Crippen LogP contribution is -2.43. The molecule has 1 unspecified atom stereocenters. The topological polar surface area (TPSA) is 24.9 Å². The molecule has 0 amide bonds. The summed E-state index contributed by atoms with van der Waals surface area (Å²) in [5, 5.41) is 5.24. The molecule has 2 aliphatic carbocycles. The van der Waals surface area contributed by atoms with E-state index < -0.39 is 0 Å². The maximum Gasteiger partial charge on any atom is 0.118 e. The van der Waals surface area contributed by atoms with Crippen molar-refractivity contribution in [2.45, 2.75) is 57.5 Å². The number of aromatic nitrogens is 1. The van der Waals surface area contributed by atoms with E-state index in [2.05, 4.69) is 43.4 Å². The monoisotopic (exact) mass is 298 g/mol. The van der Waals surface area contributed by atoms with Crippen molar-refractivity contribution in [2.75, 3.05) is 0 Å². The summed E-state index contributed by atoms with van der Waals surface area (Å²) >= 11 is 1.89. The van der Waals surface area contributed by atoms with E-state index in [0.29, 0.717) is 6.04 Å². The van der Waals surface area contributed by atoms with Gasteiger partial charge < -0.3 is 0 Å². The van der Waals surface area contributed by atoms with Crippen molar-refractivity contribution < 1.29 is 0 Å². The number of hydrogen-bond acceptors (Lipinski definition) is 3. The van der Waals surface area contributed by atoms with Crippen LogP contribution in [0.25, 0.3) is 0 Å². The second kappa shape index (κ2) is 4.92. The Balaban J connectivity index is 1.84. The highest BCUT2D eigenvalue weighted by molar-refractivity contribution is 7.11. The lowest BCUT2D eigenvalue weighted by Gasteiger charge is -2.30. The van der Waals surface area contributed by atoms with E-state index in [0.717, 1.165) is 19.3 Å². The highest BCUT2D eigenvalue weighted by Crippen LogP contribution is 2.45. The minimum atomic E-state index is -0.0272. The molecule has 1 aromatic heterocycles. The van der Waals surface area contributed by atoms with Crippen LogP contribution >= 0.6 is 11.3 Å². The molecule has 3 heteroatoms. The smallest absolute Gasteiger partial charge is 0.118 e. The summed E-state index contributed by atoms with van der Waals surface area (Å²) in [5.74, 6) is 0. The summed E-state index contributed by atoms with van der Waals surface area (Å²) in [6, 6.07) is 9.61. The molecule has 1 aromatic carbocycles. The van der Waals surface area contributed by atoms with Gasteiger partial charge in [-0.3, -0.25) is 5.32 Å². The molecule has 1 N–H and O–H groups in total. The molecule has 0 bridgehead atoms. The van der Waals surface area contributed by atoms with Gasteiger partial charge in [0.1, 0.15) is 5.01 Å². The number of nitrogens with zero attached hydrogens (tertiary/aromatic N) is 1. The Morgan fingerprint density at radius 1 is 1.33 bits per heavy atom. The predicted octanol–water partition coefficient (Wildman–Crippen LogP) is 3.96. The largest absolute Gasteiger partial charge is 0.299 e. The molecule has 2 nitrogen and oxygen atoms in total. The zero-order valence-electron chi connectivity index (χ0n) is 12.8. The fraction of sp³-hybridized carbons (Fsp3) is 0.500. The van der Waals surface area contributed by atoms with Crippen LogP contribution in [0.3, 0.4) is 0 Å².